The Balaban J connectivity index is 1.27. The lowest BCUT2D eigenvalue weighted by Gasteiger charge is -2.22. The van der Waals surface area contributed by atoms with E-state index in [9.17, 15) is 9.18 Å². The molecule has 0 bridgehead atoms. The molecule has 2 aliphatic rings. The summed E-state index contributed by atoms with van der Waals surface area (Å²) in [6.45, 7) is 4.33. The molecule has 3 aromatic rings. The Hall–Kier alpha value is -2.73. The minimum Gasteiger partial charge on any atom is -0.345 e. The molecule has 2 fully saturated rings. The molecule has 6 heteroatoms. The normalized spacial score (nSPS) is 22.5. The van der Waals surface area contributed by atoms with Crippen molar-refractivity contribution in [3.05, 3.63) is 65.7 Å². The molecular weight excluding hydrogens is 343 g/mol. The minimum atomic E-state index is -0.487. The second-order valence-corrected chi connectivity index (χ2v) is 7.66. The molecule has 138 valence electrons. The van der Waals surface area contributed by atoms with Gasteiger partial charge in [-0.3, -0.25) is 9.69 Å². The number of carbonyl (C=O) groups excluding carboxylic acids is 1. The molecule has 2 atom stereocenters. The van der Waals surface area contributed by atoms with E-state index in [-0.39, 0.29) is 11.5 Å². The van der Waals surface area contributed by atoms with Gasteiger partial charge in [0.05, 0.1) is 22.9 Å². The van der Waals surface area contributed by atoms with Crippen molar-refractivity contribution in [3.8, 4) is 0 Å². The zero-order chi connectivity index (χ0) is 18.4. The summed E-state index contributed by atoms with van der Waals surface area (Å²) >= 11 is 0. The third kappa shape index (κ3) is 3.00. The lowest BCUT2D eigenvalue weighted by molar-refractivity contribution is 0.0769. The van der Waals surface area contributed by atoms with E-state index in [0.29, 0.717) is 36.0 Å². The zero-order valence-corrected chi connectivity index (χ0v) is 14.9. The van der Waals surface area contributed by atoms with Crippen molar-refractivity contribution in [1.82, 2.24) is 19.8 Å². The highest BCUT2D eigenvalue weighted by Gasteiger charge is 2.41. The van der Waals surface area contributed by atoms with Gasteiger partial charge < -0.3 is 9.88 Å². The average molecular weight is 364 g/mol. The SMILES string of the molecule is O=C(c1cc2nc[nH]c2cc1F)N1C[C@H]2CN(Cc3ccccc3)C[C@H]2C1. The molecule has 2 saturated heterocycles. The maximum Gasteiger partial charge on any atom is 0.256 e. The second-order valence-electron chi connectivity index (χ2n) is 7.66. The van der Waals surface area contributed by atoms with Crippen LogP contribution in [0.25, 0.3) is 11.0 Å². The average Bonchev–Trinajstić information content (AvgIpc) is 3.35. The molecule has 2 aromatic carbocycles. The van der Waals surface area contributed by atoms with Crippen molar-refractivity contribution >= 4 is 16.9 Å². The third-order valence-electron chi connectivity index (χ3n) is 5.84. The Morgan fingerprint density at radius 2 is 1.85 bits per heavy atom. The molecular formula is C21H21FN4O. The molecule has 5 nitrogen and oxygen atoms in total. The predicted molar refractivity (Wildman–Crippen MR) is 101 cm³/mol. The van der Waals surface area contributed by atoms with Crippen LogP contribution in [0, 0.1) is 17.7 Å². The summed E-state index contributed by atoms with van der Waals surface area (Å²) in [5.74, 6) is 0.227. The Bertz CT molecular complexity index is 972. The van der Waals surface area contributed by atoms with Crippen molar-refractivity contribution in [3.63, 3.8) is 0 Å². The first kappa shape index (κ1) is 16.4. The van der Waals surface area contributed by atoms with E-state index in [2.05, 4.69) is 39.1 Å². The Kier molecular flexibility index (Phi) is 3.93. The van der Waals surface area contributed by atoms with Gasteiger partial charge in [0.2, 0.25) is 0 Å². The number of fused-ring (bicyclic) bond motifs is 2. The summed E-state index contributed by atoms with van der Waals surface area (Å²) in [4.78, 5) is 24.2. The highest BCUT2D eigenvalue weighted by atomic mass is 19.1. The number of amides is 1. The van der Waals surface area contributed by atoms with E-state index in [1.807, 2.05) is 11.0 Å². The van der Waals surface area contributed by atoms with Crippen molar-refractivity contribution in [2.24, 2.45) is 11.8 Å². The monoisotopic (exact) mass is 364 g/mol. The number of benzene rings is 2. The van der Waals surface area contributed by atoms with Crippen LogP contribution in [0.5, 0.6) is 0 Å². The van der Waals surface area contributed by atoms with Gasteiger partial charge in [-0.25, -0.2) is 9.37 Å². The zero-order valence-electron chi connectivity index (χ0n) is 14.9. The second kappa shape index (κ2) is 6.46. The van der Waals surface area contributed by atoms with E-state index in [1.54, 1.807) is 6.07 Å². The van der Waals surface area contributed by atoms with Crippen LogP contribution in [0.4, 0.5) is 4.39 Å². The van der Waals surface area contributed by atoms with E-state index in [0.717, 1.165) is 19.6 Å². The maximum absolute atomic E-state index is 14.4. The number of nitrogens with one attached hydrogen (secondary N) is 1. The van der Waals surface area contributed by atoms with Gasteiger partial charge in [0, 0.05) is 38.8 Å². The first-order chi connectivity index (χ1) is 13.2. The van der Waals surface area contributed by atoms with Gasteiger partial charge in [-0.2, -0.15) is 0 Å². The number of aromatic amines is 1. The van der Waals surface area contributed by atoms with Gasteiger partial charge in [-0.15, -0.1) is 0 Å². The van der Waals surface area contributed by atoms with Crippen molar-refractivity contribution in [2.45, 2.75) is 6.54 Å². The van der Waals surface area contributed by atoms with Gasteiger partial charge in [0.1, 0.15) is 5.82 Å². The van der Waals surface area contributed by atoms with Crippen molar-refractivity contribution in [2.75, 3.05) is 26.2 Å². The quantitative estimate of drug-likeness (QED) is 0.778. The summed E-state index contributed by atoms with van der Waals surface area (Å²) in [5, 5.41) is 0. The lowest BCUT2D eigenvalue weighted by atomic mass is 10.0. The maximum atomic E-state index is 14.4. The molecule has 0 radical (unpaired) electrons. The van der Waals surface area contributed by atoms with Crippen LogP contribution in [0.2, 0.25) is 0 Å². The molecule has 1 amide bonds. The fourth-order valence-electron chi connectivity index (χ4n) is 4.52. The molecule has 0 unspecified atom stereocenters. The number of hydrogen-bond donors (Lipinski definition) is 1. The molecule has 3 heterocycles. The van der Waals surface area contributed by atoms with Gasteiger partial charge in [-0.1, -0.05) is 30.3 Å². The first-order valence-corrected chi connectivity index (χ1v) is 9.35. The van der Waals surface area contributed by atoms with Gasteiger partial charge in [0.15, 0.2) is 0 Å². The standard InChI is InChI=1S/C21H21FN4O/c22-18-7-20-19(23-13-24-20)6-17(18)21(27)26-11-15-9-25(10-16(15)12-26)8-14-4-2-1-3-5-14/h1-7,13,15-16H,8-12H2,(H,23,24)/t15-,16+. The summed E-state index contributed by atoms with van der Waals surface area (Å²) in [7, 11) is 0. The molecule has 0 spiro atoms. The molecule has 1 N–H and O–H groups in total. The highest BCUT2D eigenvalue weighted by molar-refractivity contribution is 5.97. The largest absolute Gasteiger partial charge is 0.345 e. The Labute approximate surface area is 156 Å². The van der Waals surface area contributed by atoms with Crippen LogP contribution in [-0.2, 0) is 6.54 Å². The molecule has 5 rings (SSSR count). The number of carbonyl (C=O) groups is 1. The minimum absolute atomic E-state index is 0.121. The van der Waals surface area contributed by atoms with Crippen molar-refractivity contribution in [1.29, 1.82) is 0 Å². The van der Waals surface area contributed by atoms with E-state index >= 15 is 0 Å². The van der Waals surface area contributed by atoms with Crippen LogP contribution in [0.15, 0.2) is 48.8 Å². The first-order valence-electron chi connectivity index (χ1n) is 9.35. The smallest absolute Gasteiger partial charge is 0.256 e. The number of rotatable bonds is 3. The number of halogens is 1. The van der Waals surface area contributed by atoms with Crippen LogP contribution < -0.4 is 0 Å². The van der Waals surface area contributed by atoms with E-state index in [1.165, 1.54) is 18.0 Å². The predicted octanol–water partition coefficient (Wildman–Crippen LogP) is 2.91. The van der Waals surface area contributed by atoms with E-state index < -0.39 is 5.82 Å². The van der Waals surface area contributed by atoms with Crippen molar-refractivity contribution < 1.29 is 9.18 Å². The number of likely N-dealkylation sites (tertiary alicyclic amines) is 2. The van der Waals surface area contributed by atoms with Crippen LogP contribution >= 0.6 is 0 Å². The summed E-state index contributed by atoms with van der Waals surface area (Å²) < 4.78 is 14.4. The van der Waals surface area contributed by atoms with Crippen LogP contribution in [0.1, 0.15) is 15.9 Å². The number of aromatic nitrogens is 2. The fraction of sp³-hybridized carbons (Fsp3) is 0.333. The summed E-state index contributed by atoms with van der Waals surface area (Å²) in [5.41, 5.74) is 2.67. The number of hydrogen-bond acceptors (Lipinski definition) is 3. The molecule has 0 aliphatic carbocycles. The molecule has 27 heavy (non-hydrogen) atoms. The number of nitrogens with zero attached hydrogens (tertiary/aromatic N) is 3. The Morgan fingerprint density at radius 3 is 2.59 bits per heavy atom. The molecule has 0 saturated carbocycles. The van der Waals surface area contributed by atoms with Gasteiger partial charge >= 0.3 is 0 Å². The fourth-order valence-corrected chi connectivity index (χ4v) is 4.52. The summed E-state index contributed by atoms with van der Waals surface area (Å²) in [6, 6.07) is 13.4. The molecule has 1 aromatic heterocycles. The topological polar surface area (TPSA) is 52.2 Å². The Morgan fingerprint density at radius 1 is 1.11 bits per heavy atom. The highest BCUT2D eigenvalue weighted by Crippen LogP contribution is 2.33. The van der Waals surface area contributed by atoms with E-state index in [4.69, 9.17) is 0 Å². The van der Waals surface area contributed by atoms with Crippen LogP contribution in [0.3, 0.4) is 0 Å². The summed E-state index contributed by atoms with van der Waals surface area (Å²) in [6.07, 6.45) is 1.51. The molecule has 2 aliphatic heterocycles. The lowest BCUT2D eigenvalue weighted by Crippen LogP contribution is -2.33. The number of imidazole rings is 1. The number of H-pyrrole nitrogens is 1. The van der Waals surface area contributed by atoms with Crippen LogP contribution in [-0.4, -0.2) is 51.9 Å². The third-order valence-corrected chi connectivity index (χ3v) is 5.84. The van der Waals surface area contributed by atoms with Gasteiger partial charge in [-0.05, 0) is 23.5 Å². The van der Waals surface area contributed by atoms with Gasteiger partial charge in [0.25, 0.3) is 5.91 Å².